The molecule has 18 heavy (non-hydrogen) atoms. The van der Waals surface area contributed by atoms with E-state index in [4.69, 9.17) is 5.11 Å². The number of hydrogen-bond acceptors (Lipinski definition) is 3. The second-order valence-electron chi connectivity index (χ2n) is 5.04. The average molecular weight is 248 g/mol. The molecule has 4 heteroatoms. The Morgan fingerprint density at radius 3 is 3.00 bits per heavy atom. The molecule has 2 N–H and O–H groups in total. The Bertz CT molecular complexity index is 394. The van der Waals surface area contributed by atoms with Gasteiger partial charge in [0.2, 0.25) is 0 Å². The van der Waals surface area contributed by atoms with Crippen molar-refractivity contribution in [1.82, 2.24) is 10.3 Å². The maximum absolute atomic E-state index is 11.0. The van der Waals surface area contributed by atoms with E-state index >= 15 is 0 Å². The third kappa shape index (κ3) is 3.29. The number of nitrogens with zero attached hydrogens (tertiary/aromatic N) is 1. The summed E-state index contributed by atoms with van der Waals surface area (Å²) in [5, 5.41) is 12.6. The predicted molar refractivity (Wildman–Crippen MR) is 69.2 cm³/mol. The summed E-state index contributed by atoms with van der Waals surface area (Å²) in [6, 6.07) is 6.33. The Hall–Kier alpha value is -1.42. The highest BCUT2D eigenvalue weighted by Gasteiger charge is 2.27. The lowest BCUT2D eigenvalue weighted by Gasteiger charge is -2.29. The molecule has 1 fully saturated rings. The molecule has 1 heterocycles. The van der Waals surface area contributed by atoms with Crippen LogP contribution in [0, 0.1) is 5.92 Å². The van der Waals surface area contributed by atoms with Crippen molar-refractivity contribution in [2.75, 3.05) is 0 Å². The molecule has 0 saturated heterocycles. The smallest absolute Gasteiger partial charge is 0.306 e. The van der Waals surface area contributed by atoms with Gasteiger partial charge in [-0.05, 0) is 38.3 Å². The summed E-state index contributed by atoms with van der Waals surface area (Å²) in [5.74, 6) is -0.848. The van der Waals surface area contributed by atoms with Gasteiger partial charge in [0, 0.05) is 18.3 Å². The number of aliphatic carboxylic acids is 1. The van der Waals surface area contributed by atoms with Crippen LogP contribution in [0.3, 0.4) is 0 Å². The largest absolute Gasteiger partial charge is 0.481 e. The number of rotatable bonds is 4. The zero-order valence-electron chi connectivity index (χ0n) is 10.7. The van der Waals surface area contributed by atoms with Crippen molar-refractivity contribution in [1.29, 1.82) is 0 Å². The van der Waals surface area contributed by atoms with Gasteiger partial charge >= 0.3 is 5.97 Å². The number of nitrogens with one attached hydrogen (secondary N) is 1. The van der Waals surface area contributed by atoms with E-state index in [9.17, 15) is 4.79 Å². The molecule has 0 amide bonds. The van der Waals surface area contributed by atoms with Gasteiger partial charge in [0.1, 0.15) is 0 Å². The number of carbonyl (C=O) groups is 1. The first-order valence-corrected chi connectivity index (χ1v) is 6.56. The van der Waals surface area contributed by atoms with Crippen LogP contribution in [0.15, 0.2) is 24.4 Å². The Labute approximate surface area is 107 Å². The van der Waals surface area contributed by atoms with E-state index < -0.39 is 5.97 Å². The molecule has 98 valence electrons. The second kappa shape index (κ2) is 5.96. The van der Waals surface area contributed by atoms with Crippen molar-refractivity contribution in [3.8, 4) is 0 Å². The summed E-state index contributed by atoms with van der Waals surface area (Å²) in [6.07, 6.45) is 5.37. The van der Waals surface area contributed by atoms with Gasteiger partial charge in [-0.15, -0.1) is 0 Å². The SMILES string of the molecule is CC(NC1CCCC(C(=O)O)C1)c1ccccn1. The number of pyridine rings is 1. The summed E-state index contributed by atoms with van der Waals surface area (Å²) in [4.78, 5) is 15.3. The molecule has 1 saturated carbocycles. The van der Waals surface area contributed by atoms with Crippen molar-refractivity contribution in [2.45, 2.75) is 44.7 Å². The lowest BCUT2D eigenvalue weighted by Crippen LogP contribution is -2.37. The maximum Gasteiger partial charge on any atom is 0.306 e. The Morgan fingerprint density at radius 1 is 1.50 bits per heavy atom. The number of aromatic nitrogens is 1. The lowest BCUT2D eigenvalue weighted by atomic mass is 9.85. The highest BCUT2D eigenvalue weighted by Crippen LogP contribution is 2.26. The van der Waals surface area contributed by atoms with Crippen LogP contribution in [0.25, 0.3) is 0 Å². The van der Waals surface area contributed by atoms with Crippen LogP contribution in [0.5, 0.6) is 0 Å². The van der Waals surface area contributed by atoms with E-state index in [1.165, 1.54) is 0 Å². The summed E-state index contributed by atoms with van der Waals surface area (Å²) in [6.45, 7) is 2.08. The Kier molecular flexibility index (Phi) is 4.31. The Balaban J connectivity index is 1.91. The molecule has 1 aromatic rings. The number of hydrogen-bond donors (Lipinski definition) is 2. The van der Waals surface area contributed by atoms with Crippen molar-refractivity contribution >= 4 is 5.97 Å². The molecule has 1 aromatic heterocycles. The van der Waals surface area contributed by atoms with Gasteiger partial charge in [-0.25, -0.2) is 0 Å². The van der Waals surface area contributed by atoms with Crippen LogP contribution in [-0.2, 0) is 4.79 Å². The molecular weight excluding hydrogens is 228 g/mol. The fourth-order valence-corrected chi connectivity index (χ4v) is 2.64. The highest BCUT2D eigenvalue weighted by atomic mass is 16.4. The summed E-state index contributed by atoms with van der Waals surface area (Å²) in [7, 11) is 0. The van der Waals surface area contributed by atoms with E-state index in [-0.39, 0.29) is 18.0 Å². The standard InChI is InChI=1S/C14H20N2O2/c1-10(13-7-2-3-8-15-13)16-12-6-4-5-11(9-12)14(17)18/h2-3,7-8,10-12,16H,4-6,9H2,1H3,(H,17,18). The first-order chi connectivity index (χ1) is 8.66. The van der Waals surface area contributed by atoms with E-state index in [2.05, 4.69) is 17.2 Å². The summed E-state index contributed by atoms with van der Waals surface area (Å²) < 4.78 is 0. The van der Waals surface area contributed by atoms with Gasteiger partial charge in [0.25, 0.3) is 0 Å². The minimum Gasteiger partial charge on any atom is -0.481 e. The third-order valence-electron chi connectivity index (χ3n) is 3.64. The lowest BCUT2D eigenvalue weighted by molar-refractivity contribution is -0.143. The average Bonchev–Trinajstić information content (AvgIpc) is 2.40. The molecule has 3 atom stereocenters. The third-order valence-corrected chi connectivity index (χ3v) is 3.64. The van der Waals surface area contributed by atoms with Crippen molar-refractivity contribution in [3.63, 3.8) is 0 Å². The monoisotopic (exact) mass is 248 g/mol. The first kappa shape index (κ1) is 13.0. The van der Waals surface area contributed by atoms with E-state index in [1.54, 1.807) is 6.20 Å². The van der Waals surface area contributed by atoms with Crippen LogP contribution < -0.4 is 5.32 Å². The molecule has 0 aliphatic heterocycles. The van der Waals surface area contributed by atoms with E-state index in [1.807, 2.05) is 18.2 Å². The normalized spacial score (nSPS) is 25.6. The number of carboxylic acids is 1. The van der Waals surface area contributed by atoms with Gasteiger partial charge in [-0.2, -0.15) is 0 Å². The summed E-state index contributed by atoms with van der Waals surface area (Å²) in [5.41, 5.74) is 1.01. The van der Waals surface area contributed by atoms with Crippen molar-refractivity contribution in [3.05, 3.63) is 30.1 Å². The Morgan fingerprint density at radius 2 is 2.33 bits per heavy atom. The molecule has 0 spiro atoms. The van der Waals surface area contributed by atoms with Crippen molar-refractivity contribution < 1.29 is 9.90 Å². The van der Waals surface area contributed by atoms with E-state index in [0.29, 0.717) is 0 Å². The van der Waals surface area contributed by atoms with E-state index in [0.717, 1.165) is 31.4 Å². The van der Waals surface area contributed by atoms with Crippen LogP contribution in [-0.4, -0.2) is 22.1 Å². The maximum atomic E-state index is 11.0. The zero-order valence-corrected chi connectivity index (χ0v) is 10.7. The molecule has 0 radical (unpaired) electrons. The minimum atomic E-state index is -0.660. The van der Waals surface area contributed by atoms with Gasteiger partial charge in [0.05, 0.1) is 11.6 Å². The molecule has 1 aliphatic rings. The topological polar surface area (TPSA) is 62.2 Å². The molecule has 2 rings (SSSR count). The molecular formula is C14H20N2O2. The molecule has 0 bridgehead atoms. The number of carboxylic acid groups (broad SMARTS) is 1. The second-order valence-corrected chi connectivity index (χ2v) is 5.04. The zero-order chi connectivity index (χ0) is 13.0. The van der Waals surface area contributed by atoms with Gasteiger partial charge in [-0.3, -0.25) is 9.78 Å². The summed E-state index contributed by atoms with van der Waals surface area (Å²) >= 11 is 0. The molecule has 4 nitrogen and oxygen atoms in total. The minimum absolute atomic E-state index is 0.170. The molecule has 0 aromatic carbocycles. The van der Waals surface area contributed by atoms with Gasteiger partial charge in [-0.1, -0.05) is 12.5 Å². The van der Waals surface area contributed by atoms with Gasteiger partial charge < -0.3 is 10.4 Å². The van der Waals surface area contributed by atoms with Crippen LogP contribution in [0.1, 0.15) is 44.3 Å². The molecule has 3 unspecified atom stereocenters. The van der Waals surface area contributed by atoms with Crippen LogP contribution in [0.4, 0.5) is 0 Å². The van der Waals surface area contributed by atoms with Crippen LogP contribution >= 0.6 is 0 Å². The first-order valence-electron chi connectivity index (χ1n) is 6.56. The fraction of sp³-hybridized carbons (Fsp3) is 0.571. The quantitative estimate of drug-likeness (QED) is 0.858. The molecule has 1 aliphatic carbocycles. The van der Waals surface area contributed by atoms with Gasteiger partial charge in [0.15, 0.2) is 0 Å². The van der Waals surface area contributed by atoms with Crippen LogP contribution in [0.2, 0.25) is 0 Å². The highest BCUT2D eigenvalue weighted by molar-refractivity contribution is 5.70. The fourth-order valence-electron chi connectivity index (χ4n) is 2.64. The van der Waals surface area contributed by atoms with Crippen molar-refractivity contribution in [2.24, 2.45) is 5.92 Å². The predicted octanol–water partition coefficient (Wildman–Crippen LogP) is 2.38.